The first-order valence-electron chi connectivity index (χ1n) is 5.75. The summed E-state index contributed by atoms with van der Waals surface area (Å²) in [4.78, 5) is 0.267. The van der Waals surface area contributed by atoms with E-state index >= 15 is 0 Å². The van der Waals surface area contributed by atoms with Crippen molar-refractivity contribution in [1.82, 2.24) is 4.72 Å². The number of hydrogen-bond donors (Lipinski definition) is 2. The molecular formula is C12H18BrNO3S. The lowest BCUT2D eigenvalue weighted by atomic mass is 10.1. The second-order valence-electron chi connectivity index (χ2n) is 4.25. The molecule has 1 atom stereocenters. The molecular weight excluding hydrogens is 318 g/mol. The zero-order chi connectivity index (χ0) is 13.6. The molecule has 0 aliphatic heterocycles. The predicted molar refractivity (Wildman–Crippen MR) is 75.1 cm³/mol. The van der Waals surface area contributed by atoms with Gasteiger partial charge in [-0.3, -0.25) is 0 Å². The summed E-state index contributed by atoms with van der Waals surface area (Å²) in [7, 11) is -3.45. The van der Waals surface area contributed by atoms with E-state index < -0.39 is 10.0 Å². The fourth-order valence-corrected chi connectivity index (χ4v) is 2.95. The SMILES string of the molecule is CC(CCO)CNS(=O)(=O)c1ccc(CBr)cc1. The summed E-state index contributed by atoms with van der Waals surface area (Å²) in [6, 6.07) is 6.74. The average Bonchev–Trinajstić information content (AvgIpc) is 2.37. The number of hydrogen-bond acceptors (Lipinski definition) is 3. The Labute approximate surface area is 117 Å². The summed E-state index contributed by atoms with van der Waals surface area (Å²) in [5, 5.41) is 9.46. The second-order valence-corrected chi connectivity index (χ2v) is 6.57. The third-order valence-corrected chi connectivity index (χ3v) is 4.72. The van der Waals surface area contributed by atoms with Gasteiger partial charge in [-0.05, 0) is 30.0 Å². The van der Waals surface area contributed by atoms with Crippen LogP contribution in [0.15, 0.2) is 29.2 Å². The van der Waals surface area contributed by atoms with E-state index in [-0.39, 0.29) is 17.4 Å². The topological polar surface area (TPSA) is 66.4 Å². The van der Waals surface area contributed by atoms with Crippen LogP contribution in [0.1, 0.15) is 18.9 Å². The van der Waals surface area contributed by atoms with E-state index in [0.717, 1.165) is 5.56 Å². The van der Waals surface area contributed by atoms with Crippen molar-refractivity contribution >= 4 is 26.0 Å². The van der Waals surface area contributed by atoms with E-state index in [4.69, 9.17) is 5.11 Å². The van der Waals surface area contributed by atoms with Crippen LogP contribution in [-0.2, 0) is 15.4 Å². The molecule has 0 aliphatic carbocycles. The normalized spacial score (nSPS) is 13.5. The molecule has 1 rings (SSSR count). The van der Waals surface area contributed by atoms with Gasteiger partial charge in [0.15, 0.2) is 0 Å². The van der Waals surface area contributed by atoms with Gasteiger partial charge in [-0.2, -0.15) is 0 Å². The number of aliphatic hydroxyl groups is 1. The van der Waals surface area contributed by atoms with Gasteiger partial charge in [0.05, 0.1) is 4.90 Å². The quantitative estimate of drug-likeness (QED) is 0.747. The lowest BCUT2D eigenvalue weighted by molar-refractivity contribution is 0.263. The van der Waals surface area contributed by atoms with Crippen molar-refractivity contribution in [2.75, 3.05) is 13.2 Å². The van der Waals surface area contributed by atoms with E-state index in [1.807, 2.05) is 6.92 Å². The van der Waals surface area contributed by atoms with Crippen molar-refractivity contribution in [1.29, 1.82) is 0 Å². The number of alkyl halides is 1. The van der Waals surface area contributed by atoms with Gasteiger partial charge in [-0.1, -0.05) is 35.0 Å². The Morgan fingerprint density at radius 1 is 1.33 bits per heavy atom. The van der Waals surface area contributed by atoms with Crippen LogP contribution in [0.25, 0.3) is 0 Å². The molecule has 102 valence electrons. The summed E-state index contributed by atoms with van der Waals surface area (Å²) in [5.41, 5.74) is 1.03. The van der Waals surface area contributed by atoms with Gasteiger partial charge in [-0.15, -0.1) is 0 Å². The number of rotatable bonds is 7. The van der Waals surface area contributed by atoms with Crippen LogP contribution in [0.5, 0.6) is 0 Å². The maximum atomic E-state index is 12.0. The minimum absolute atomic E-state index is 0.0723. The number of halogens is 1. The highest BCUT2D eigenvalue weighted by molar-refractivity contribution is 9.08. The van der Waals surface area contributed by atoms with E-state index in [0.29, 0.717) is 18.3 Å². The van der Waals surface area contributed by atoms with Crippen LogP contribution in [0.4, 0.5) is 0 Å². The fourth-order valence-electron chi connectivity index (χ4n) is 1.42. The predicted octanol–water partition coefficient (Wildman–Crippen LogP) is 1.88. The molecule has 0 aliphatic rings. The lowest BCUT2D eigenvalue weighted by Gasteiger charge is -2.11. The zero-order valence-electron chi connectivity index (χ0n) is 10.3. The van der Waals surface area contributed by atoms with Crippen LogP contribution in [-0.4, -0.2) is 26.7 Å². The average molecular weight is 336 g/mol. The van der Waals surface area contributed by atoms with E-state index in [2.05, 4.69) is 20.7 Å². The first-order chi connectivity index (χ1) is 8.49. The molecule has 0 saturated heterocycles. The van der Waals surface area contributed by atoms with Gasteiger partial charge in [0.2, 0.25) is 10.0 Å². The van der Waals surface area contributed by atoms with Crippen LogP contribution in [0.3, 0.4) is 0 Å². The van der Waals surface area contributed by atoms with Crippen molar-refractivity contribution in [2.45, 2.75) is 23.6 Å². The summed E-state index contributed by atoms with van der Waals surface area (Å²) in [6.45, 7) is 2.30. The van der Waals surface area contributed by atoms with Crippen molar-refractivity contribution in [3.63, 3.8) is 0 Å². The molecule has 0 saturated carbocycles. The largest absolute Gasteiger partial charge is 0.396 e. The second kappa shape index (κ2) is 7.23. The van der Waals surface area contributed by atoms with Gasteiger partial charge in [0, 0.05) is 18.5 Å². The molecule has 0 spiro atoms. The molecule has 0 radical (unpaired) electrons. The van der Waals surface area contributed by atoms with E-state index in [1.165, 1.54) is 0 Å². The van der Waals surface area contributed by atoms with Gasteiger partial charge >= 0.3 is 0 Å². The molecule has 1 aromatic rings. The maximum absolute atomic E-state index is 12.0. The first kappa shape index (κ1) is 15.6. The summed E-state index contributed by atoms with van der Waals surface area (Å²) in [6.07, 6.45) is 0.588. The number of sulfonamides is 1. The smallest absolute Gasteiger partial charge is 0.240 e. The Kier molecular flexibility index (Phi) is 6.28. The Hall–Kier alpha value is -0.430. The molecule has 0 bridgehead atoms. The minimum Gasteiger partial charge on any atom is -0.396 e. The van der Waals surface area contributed by atoms with E-state index in [9.17, 15) is 8.42 Å². The Morgan fingerprint density at radius 3 is 2.44 bits per heavy atom. The molecule has 1 unspecified atom stereocenters. The maximum Gasteiger partial charge on any atom is 0.240 e. The molecule has 18 heavy (non-hydrogen) atoms. The van der Waals surface area contributed by atoms with Crippen LogP contribution in [0.2, 0.25) is 0 Å². The summed E-state index contributed by atoms with van der Waals surface area (Å²) < 4.78 is 26.5. The highest BCUT2D eigenvalue weighted by Crippen LogP contribution is 2.13. The third kappa shape index (κ3) is 4.68. The van der Waals surface area contributed by atoms with E-state index in [1.54, 1.807) is 24.3 Å². The first-order valence-corrected chi connectivity index (χ1v) is 8.35. The number of aliphatic hydroxyl groups excluding tert-OH is 1. The summed E-state index contributed by atoms with van der Waals surface area (Å²) in [5.74, 6) is 0.117. The van der Waals surface area contributed by atoms with Crippen LogP contribution < -0.4 is 4.72 Å². The van der Waals surface area contributed by atoms with Gasteiger partial charge in [0.1, 0.15) is 0 Å². The van der Waals surface area contributed by atoms with Gasteiger partial charge in [0.25, 0.3) is 0 Å². The molecule has 0 fully saturated rings. The van der Waals surface area contributed by atoms with Crippen molar-refractivity contribution < 1.29 is 13.5 Å². The lowest BCUT2D eigenvalue weighted by Crippen LogP contribution is -2.28. The van der Waals surface area contributed by atoms with Gasteiger partial charge < -0.3 is 5.11 Å². The number of benzene rings is 1. The standard InChI is InChI=1S/C12H18BrNO3S/c1-10(6-7-15)9-14-18(16,17)12-4-2-11(8-13)3-5-12/h2-5,10,14-15H,6-9H2,1H3. The number of nitrogens with one attached hydrogen (secondary N) is 1. The Balaban J connectivity index is 2.67. The summed E-state index contributed by atoms with van der Waals surface area (Å²) >= 11 is 3.31. The fraction of sp³-hybridized carbons (Fsp3) is 0.500. The Bertz CT molecular complexity index is 459. The molecule has 1 aromatic carbocycles. The van der Waals surface area contributed by atoms with Crippen molar-refractivity contribution in [2.24, 2.45) is 5.92 Å². The molecule has 0 amide bonds. The van der Waals surface area contributed by atoms with Crippen molar-refractivity contribution in [3.8, 4) is 0 Å². The monoisotopic (exact) mass is 335 g/mol. The van der Waals surface area contributed by atoms with Crippen LogP contribution >= 0.6 is 15.9 Å². The highest BCUT2D eigenvalue weighted by atomic mass is 79.9. The minimum atomic E-state index is -3.45. The van der Waals surface area contributed by atoms with Gasteiger partial charge in [-0.25, -0.2) is 13.1 Å². The highest BCUT2D eigenvalue weighted by Gasteiger charge is 2.14. The Morgan fingerprint density at radius 2 is 1.94 bits per heavy atom. The molecule has 0 aromatic heterocycles. The molecule has 4 nitrogen and oxygen atoms in total. The molecule has 2 N–H and O–H groups in total. The van der Waals surface area contributed by atoms with Crippen LogP contribution in [0, 0.1) is 5.92 Å². The zero-order valence-corrected chi connectivity index (χ0v) is 12.7. The third-order valence-electron chi connectivity index (χ3n) is 2.63. The van der Waals surface area contributed by atoms with Crippen molar-refractivity contribution in [3.05, 3.63) is 29.8 Å². The molecule has 6 heteroatoms. The molecule has 0 heterocycles.